The lowest BCUT2D eigenvalue weighted by molar-refractivity contribution is 1.57. The summed E-state index contributed by atoms with van der Waals surface area (Å²) in [5, 5.41) is 5.00. The minimum absolute atomic E-state index is 1.23. The van der Waals surface area contributed by atoms with Gasteiger partial charge in [-0.15, -0.1) is 0 Å². The van der Waals surface area contributed by atoms with E-state index in [1.54, 1.807) is 0 Å². The Morgan fingerprint density at radius 1 is 0.211 bits per heavy atom. The lowest BCUT2D eigenvalue weighted by Gasteiger charge is -2.19. The van der Waals surface area contributed by atoms with Crippen LogP contribution in [-0.4, -0.2) is 0 Å². The van der Waals surface area contributed by atoms with Crippen molar-refractivity contribution in [2.24, 2.45) is 0 Å². The minimum Gasteiger partial charge on any atom is -0.0622 e. The lowest BCUT2D eigenvalue weighted by atomic mass is 9.84. The van der Waals surface area contributed by atoms with E-state index in [-0.39, 0.29) is 0 Å². The van der Waals surface area contributed by atoms with E-state index >= 15 is 0 Å². The van der Waals surface area contributed by atoms with Gasteiger partial charge in [0.1, 0.15) is 0 Å². The average Bonchev–Trinajstić information content (AvgIpc) is 3.00. The lowest BCUT2D eigenvalue weighted by Crippen LogP contribution is -1.92. The highest BCUT2D eigenvalue weighted by Crippen LogP contribution is 2.44. The molecule has 0 amide bonds. The molecule has 0 unspecified atom stereocenters. The van der Waals surface area contributed by atoms with Crippen molar-refractivity contribution in [2.75, 3.05) is 0 Å². The Bertz CT molecular complexity index is 1750. The van der Waals surface area contributed by atoms with Crippen LogP contribution in [0.5, 0.6) is 0 Å². The molecule has 0 aliphatic rings. The Morgan fingerprint density at radius 2 is 0.500 bits per heavy atom. The molecular weight excluding hydrogens is 456 g/mol. The second kappa shape index (κ2) is 9.50. The van der Waals surface area contributed by atoms with Crippen LogP contribution < -0.4 is 0 Å². The van der Waals surface area contributed by atoms with Crippen molar-refractivity contribution in [3.63, 3.8) is 0 Å². The summed E-state index contributed by atoms with van der Waals surface area (Å²) in [7, 11) is 0. The Hall–Kier alpha value is -4.94. The van der Waals surface area contributed by atoms with Crippen molar-refractivity contribution in [3.05, 3.63) is 158 Å². The van der Waals surface area contributed by atoms with Crippen LogP contribution in [0.25, 0.3) is 66.1 Å². The summed E-state index contributed by atoms with van der Waals surface area (Å²) in [5.41, 5.74) is 9.93. The van der Waals surface area contributed by atoms with Crippen LogP contribution in [-0.2, 0) is 0 Å². The molecule has 0 atom stereocenters. The molecule has 0 bridgehead atoms. The Kier molecular flexibility index (Phi) is 5.57. The first-order valence-electron chi connectivity index (χ1n) is 13.1. The van der Waals surface area contributed by atoms with E-state index in [0.717, 1.165) is 0 Å². The third-order valence-corrected chi connectivity index (χ3v) is 7.45. The molecule has 178 valence electrons. The van der Waals surface area contributed by atoms with Gasteiger partial charge in [0.15, 0.2) is 0 Å². The van der Waals surface area contributed by atoms with Gasteiger partial charge in [-0.05, 0) is 90.3 Å². The summed E-state index contributed by atoms with van der Waals surface area (Å²) >= 11 is 0. The molecule has 0 N–H and O–H groups in total. The van der Waals surface area contributed by atoms with Crippen molar-refractivity contribution < 1.29 is 0 Å². The maximum Gasteiger partial charge on any atom is -0.00928 e. The molecular formula is C38H26. The molecule has 0 heterocycles. The largest absolute Gasteiger partial charge is 0.0622 e. The highest BCUT2D eigenvalue weighted by Gasteiger charge is 2.17. The Labute approximate surface area is 223 Å². The summed E-state index contributed by atoms with van der Waals surface area (Å²) in [6, 6.07) is 57.1. The summed E-state index contributed by atoms with van der Waals surface area (Å²) < 4.78 is 0. The zero-order valence-electron chi connectivity index (χ0n) is 21.0. The SMILES string of the molecule is c1ccc(-c2cc3ccccc3cc2-c2ccccc2-c2cc3ccccc3cc2-c2ccccc2)cc1. The van der Waals surface area contributed by atoms with Gasteiger partial charge in [0, 0.05) is 0 Å². The summed E-state index contributed by atoms with van der Waals surface area (Å²) in [6.07, 6.45) is 0. The number of hydrogen-bond donors (Lipinski definition) is 0. The molecule has 0 fully saturated rings. The zero-order chi connectivity index (χ0) is 25.3. The summed E-state index contributed by atoms with van der Waals surface area (Å²) in [4.78, 5) is 0. The van der Waals surface area contributed by atoms with Gasteiger partial charge in [0.05, 0.1) is 0 Å². The topological polar surface area (TPSA) is 0 Å². The second-order valence-electron chi connectivity index (χ2n) is 9.77. The molecule has 0 nitrogen and oxygen atoms in total. The molecule has 0 aliphatic heterocycles. The fourth-order valence-corrected chi connectivity index (χ4v) is 5.59. The highest BCUT2D eigenvalue weighted by atomic mass is 14.2. The van der Waals surface area contributed by atoms with E-state index in [0.29, 0.717) is 0 Å². The van der Waals surface area contributed by atoms with Crippen LogP contribution in [0.15, 0.2) is 158 Å². The standard InChI is InChI=1S/C38H26/c1-3-13-27(14-4-1)35-23-29-17-7-9-19-31(29)25-37(35)33-21-11-12-22-34(33)38-26-32-20-10-8-18-30(32)24-36(38)28-15-5-2-6-16-28/h1-26H. The van der Waals surface area contributed by atoms with Crippen molar-refractivity contribution >= 4 is 21.5 Å². The summed E-state index contributed by atoms with van der Waals surface area (Å²) in [5.74, 6) is 0. The number of fused-ring (bicyclic) bond motifs is 2. The Balaban J connectivity index is 1.55. The first-order chi connectivity index (χ1) is 18.8. The predicted molar refractivity (Wildman–Crippen MR) is 163 cm³/mol. The smallest absolute Gasteiger partial charge is 0.00928 e. The Morgan fingerprint density at radius 3 is 0.868 bits per heavy atom. The maximum atomic E-state index is 2.36. The minimum atomic E-state index is 1.23. The third-order valence-electron chi connectivity index (χ3n) is 7.45. The average molecular weight is 483 g/mol. The van der Waals surface area contributed by atoms with Crippen LogP contribution in [0.4, 0.5) is 0 Å². The van der Waals surface area contributed by atoms with Crippen molar-refractivity contribution in [3.8, 4) is 44.5 Å². The molecule has 0 aromatic heterocycles. The molecule has 0 radical (unpaired) electrons. The number of hydrogen-bond acceptors (Lipinski definition) is 0. The molecule has 0 saturated heterocycles. The fourth-order valence-electron chi connectivity index (χ4n) is 5.59. The third kappa shape index (κ3) is 3.97. The molecule has 7 rings (SSSR count). The molecule has 0 heteroatoms. The molecule has 7 aromatic rings. The van der Waals surface area contributed by atoms with Gasteiger partial charge >= 0.3 is 0 Å². The normalized spacial score (nSPS) is 11.2. The quantitative estimate of drug-likeness (QED) is 0.234. The van der Waals surface area contributed by atoms with Crippen molar-refractivity contribution in [1.29, 1.82) is 0 Å². The van der Waals surface area contributed by atoms with Crippen LogP contribution in [0.1, 0.15) is 0 Å². The molecule has 0 saturated carbocycles. The number of rotatable bonds is 4. The van der Waals surface area contributed by atoms with Gasteiger partial charge in [-0.3, -0.25) is 0 Å². The van der Waals surface area contributed by atoms with Gasteiger partial charge in [0.2, 0.25) is 0 Å². The summed E-state index contributed by atoms with van der Waals surface area (Å²) in [6.45, 7) is 0. The van der Waals surface area contributed by atoms with E-state index < -0.39 is 0 Å². The molecule has 0 aliphatic carbocycles. The van der Waals surface area contributed by atoms with Crippen molar-refractivity contribution in [2.45, 2.75) is 0 Å². The zero-order valence-corrected chi connectivity index (χ0v) is 21.0. The molecule has 38 heavy (non-hydrogen) atoms. The van der Waals surface area contributed by atoms with Crippen LogP contribution in [0.3, 0.4) is 0 Å². The fraction of sp³-hybridized carbons (Fsp3) is 0. The first kappa shape index (κ1) is 22.3. The van der Waals surface area contributed by atoms with E-state index in [9.17, 15) is 0 Å². The monoisotopic (exact) mass is 482 g/mol. The molecule has 0 spiro atoms. The van der Waals surface area contributed by atoms with E-state index in [1.807, 2.05) is 0 Å². The first-order valence-corrected chi connectivity index (χ1v) is 13.1. The maximum absolute atomic E-state index is 2.36. The number of benzene rings is 7. The molecule has 7 aromatic carbocycles. The van der Waals surface area contributed by atoms with Gasteiger partial charge in [-0.1, -0.05) is 133 Å². The van der Waals surface area contributed by atoms with Gasteiger partial charge in [-0.2, -0.15) is 0 Å². The van der Waals surface area contributed by atoms with Gasteiger partial charge in [0.25, 0.3) is 0 Å². The highest BCUT2D eigenvalue weighted by molar-refractivity contribution is 6.03. The predicted octanol–water partition coefficient (Wildman–Crippen LogP) is 10.7. The van der Waals surface area contributed by atoms with Crippen LogP contribution in [0.2, 0.25) is 0 Å². The van der Waals surface area contributed by atoms with Crippen LogP contribution in [0, 0.1) is 0 Å². The van der Waals surface area contributed by atoms with Crippen LogP contribution >= 0.6 is 0 Å². The van der Waals surface area contributed by atoms with E-state index in [4.69, 9.17) is 0 Å². The van der Waals surface area contributed by atoms with Crippen molar-refractivity contribution in [1.82, 2.24) is 0 Å². The van der Waals surface area contributed by atoms with Gasteiger partial charge in [-0.25, -0.2) is 0 Å². The van der Waals surface area contributed by atoms with Gasteiger partial charge < -0.3 is 0 Å². The second-order valence-corrected chi connectivity index (χ2v) is 9.77. The van der Waals surface area contributed by atoms with E-state index in [1.165, 1.54) is 66.1 Å². The van der Waals surface area contributed by atoms with E-state index in [2.05, 4.69) is 158 Å².